The van der Waals surface area contributed by atoms with Crippen molar-refractivity contribution < 1.29 is 29.0 Å². The highest BCUT2D eigenvalue weighted by Crippen LogP contribution is 2.67. The molecule has 4 aliphatic carbocycles. The first-order valence-electron chi connectivity index (χ1n) is 11.7. The van der Waals surface area contributed by atoms with E-state index in [9.17, 15) is 19.5 Å². The largest absolute Gasteiger partial charge is 0.462 e. The van der Waals surface area contributed by atoms with Crippen molar-refractivity contribution in [3.8, 4) is 0 Å². The summed E-state index contributed by atoms with van der Waals surface area (Å²) in [7, 11) is 0. The molecule has 0 unspecified atom stereocenters. The molecule has 0 aromatic carbocycles. The summed E-state index contributed by atoms with van der Waals surface area (Å²) in [5.74, 6) is -0.0691. The summed E-state index contributed by atoms with van der Waals surface area (Å²) in [6.07, 6.45) is 7.25. The van der Waals surface area contributed by atoms with Gasteiger partial charge < -0.3 is 14.6 Å². The van der Waals surface area contributed by atoms with E-state index < -0.39 is 23.1 Å². The Bertz CT molecular complexity index is 832. The number of ether oxygens (including phenoxy) is 2. The van der Waals surface area contributed by atoms with Gasteiger partial charge in [-0.15, -0.1) is 0 Å². The Balaban J connectivity index is 1.65. The van der Waals surface area contributed by atoms with Crippen LogP contribution < -0.4 is 0 Å². The molecule has 3 saturated carbocycles. The van der Waals surface area contributed by atoms with Crippen LogP contribution in [0.5, 0.6) is 0 Å². The van der Waals surface area contributed by atoms with E-state index in [1.165, 1.54) is 26.3 Å². The van der Waals surface area contributed by atoms with Gasteiger partial charge in [-0.05, 0) is 68.6 Å². The van der Waals surface area contributed by atoms with Crippen LogP contribution in [-0.4, -0.2) is 40.6 Å². The maximum atomic E-state index is 12.7. The minimum Gasteiger partial charge on any atom is -0.462 e. The number of fused-ring (bicyclic) bond motifs is 5. The lowest BCUT2D eigenvalue weighted by Gasteiger charge is -2.58. The van der Waals surface area contributed by atoms with Gasteiger partial charge in [-0.2, -0.15) is 0 Å². The molecule has 6 nitrogen and oxygen atoms in total. The predicted octanol–water partition coefficient (Wildman–Crippen LogP) is 3.74. The number of ketones is 1. The molecule has 0 spiro atoms. The van der Waals surface area contributed by atoms with Crippen LogP contribution in [0.3, 0.4) is 0 Å². The smallest absolute Gasteiger partial charge is 0.303 e. The van der Waals surface area contributed by atoms with Crippen molar-refractivity contribution in [3.05, 3.63) is 11.6 Å². The molecule has 8 atom stereocenters. The maximum Gasteiger partial charge on any atom is 0.303 e. The lowest BCUT2D eigenvalue weighted by molar-refractivity contribution is -0.184. The van der Waals surface area contributed by atoms with E-state index in [0.717, 1.165) is 38.5 Å². The predicted molar refractivity (Wildman–Crippen MR) is 114 cm³/mol. The number of aliphatic hydroxyl groups is 1. The number of esters is 2. The Kier molecular flexibility index (Phi) is 5.39. The van der Waals surface area contributed by atoms with Gasteiger partial charge in [0.15, 0.2) is 11.4 Å². The third-order valence-corrected chi connectivity index (χ3v) is 9.43. The summed E-state index contributed by atoms with van der Waals surface area (Å²) in [6.45, 7) is 8.60. The Labute approximate surface area is 184 Å². The van der Waals surface area contributed by atoms with Crippen molar-refractivity contribution in [2.24, 2.45) is 28.6 Å². The van der Waals surface area contributed by atoms with Gasteiger partial charge in [0.1, 0.15) is 12.2 Å². The van der Waals surface area contributed by atoms with Gasteiger partial charge in [0.25, 0.3) is 0 Å². The Morgan fingerprint density at radius 1 is 1.00 bits per heavy atom. The fourth-order valence-electron chi connectivity index (χ4n) is 7.92. The van der Waals surface area contributed by atoms with Gasteiger partial charge >= 0.3 is 11.9 Å². The highest BCUT2D eigenvalue weighted by molar-refractivity contribution is 5.87. The summed E-state index contributed by atoms with van der Waals surface area (Å²) in [4.78, 5) is 35.9. The Morgan fingerprint density at radius 3 is 2.29 bits per heavy atom. The fraction of sp³-hybridized carbons (Fsp3) is 0.800. The van der Waals surface area contributed by atoms with Gasteiger partial charge in [-0.25, -0.2) is 0 Å². The Morgan fingerprint density at radius 2 is 1.68 bits per heavy atom. The number of allylic oxidation sites excluding steroid dienone is 1. The van der Waals surface area contributed by atoms with Crippen LogP contribution in [0, 0.1) is 28.6 Å². The highest BCUT2D eigenvalue weighted by Gasteiger charge is 2.70. The molecule has 0 radical (unpaired) electrons. The third-order valence-electron chi connectivity index (χ3n) is 9.43. The SMILES string of the molecule is CC(=O)O[C@H]1CC[C@@]2(C)C(=CC[C@H]3[C@H]2CC[C@]2(C)[C@@H]3C[C@H](OC(C)=O)[C@@]2(O)C(C)=O)C1. The molecule has 3 fully saturated rings. The summed E-state index contributed by atoms with van der Waals surface area (Å²) < 4.78 is 11.0. The van der Waals surface area contributed by atoms with Gasteiger partial charge in [0.2, 0.25) is 0 Å². The first-order valence-corrected chi connectivity index (χ1v) is 11.7. The monoisotopic (exact) mass is 432 g/mol. The van der Waals surface area contributed by atoms with Crippen LogP contribution in [0.25, 0.3) is 0 Å². The zero-order valence-electron chi connectivity index (χ0n) is 19.4. The molecule has 0 saturated heterocycles. The zero-order chi connectivity index (χ0) is 22.8. The van der Waals surface area contributed by atoms with Gasteiger partial charge in [0, 0.05) is 25.7 Å². The van der Waals surface area contributed by atoms with Gasteiger partial charge in [-0.3, -0.25) is 14.4 Å². The standard InChI is InChI=1S/C25H36O6/c1-14(26)25(29)22(31-16(3)28)13-21-19-7-6-17-12-18(30-15(2)27)8-10-23(17,4)20(19)9-11-24(21,25)5/h6,18-22,29H,7-13H2,1-5H3/t18-,19-,20+,21+,22-,23-,24+,25-/m0/s1. The van der Waals surface area contributed by atoms with E-state index >= 15 is 0 Å². The summed E-state index contributed by atoms with van der Waals surface area (Å²) in [5.41, 5.74) is -0.788. The molecule has 0 aromatic rings. The number of carbonyl (C=O) groups is 3. The van der Waals surface area contributed by atoms with Gasteiger partial charge in [-0.1, -0.05) is 25.5 Å². The second kappa shape index (κ2) is 7.43. The minimum atomic E-state index is -1.63. The highest BCUT2D eigenvalue weighted by atomic mass is 16.6. The fourth-order valence-corrected chi connectivity index (χ4v) is 7.92. The summed E-state index contributed by atoms with van der Waals surface area (Å²) in [5, 5.41) is 11.6. The first-order chi connectivity index (χ1) is 14.4. The van der Waals surface area contributed by atoms with E-state index in [4.69, 9.17) is 9.47 Å². The molecular formula is C25H36O6. The number of Topliss-reactive ketones (excluding diaryl/α,β-unsaturated/α-hetero) is 1. The normalized spacial score (nSPS) is 46.1. The molecule has 0 aliphatic heterocycles. The molecule has 1 N–H and O–H groups in total. The van der Waals surface area contributed by atoms with Crippen LogP contribution >= 0.6 is 0 Å². The summed E-state index contributed by atoms with van der Waals surface area (Å²) >= 11 is 0. The van der Waals surface area contributed by atoms with Crippen molar-refractivity contribution in [1.29, 1.82) is 0 Å². The Hall–Kier alpha value is -1.69. The second-order valence-corrected chi connectivity index (χ2v) is 10.8. The van der Waals surface area contributed by atoms with E-state index in [-0.39, 0.29) is 29.2 Å². The van der Waals surface area contributed by atoms with Crippen molar-refractivity contribution in [2.75, 3.05) is 0 Å². The van der Waals surface area contributed by atoms with E-state index in [1.807, 2.05) is 6.92 Å². The van der Waals surface area contributed by atoms with Crippen molar-refractivity contribution >= 4 is 17.7 Å². The molecule has 4 aliphatic rings. The lowest BCUT2D eigenvalue weighted by atomic mass is 9.46. The van der Waals surface area contributed by atoms with E-state index in [2.05, 4.69) is 13.0 Å². The zero-order valence-corrected chi connectivity index (χ0v) is 19.4. The second-order valence-electron chi connectivity index (χ2n) is 10.8. The quantitative estimate of drug-likeness (QED) is 0.540. The number of carbonyl (C=O) groups excluding carboxylic acids is 3. The minimum absolute atomic E-state index is 0.0372. The molecule has 31 heavy (non-hydrogen) atoms. The number of hydrogen-bond donors (Lipinski definition) is 1. The molecule has 0 bridgehead atoms. The van der Waals surface area contributed by atoms with E-state index in [1.54, 1.807) is 0 Å². The molecule has 172 valence electrons. The maximum absolute atomic E-state index is 12.7. The van der Waals surface area contributed by atoms with Crippen molar-refractivity contribution in [3.63, 3.8) is 0 Å². The molecule has 0 amide bonds. The van der Waals surface area contributed by atoms with Crippen LogP contribution in [0.4, 0.5) is 0 Å². The molecular weight excluding hydrogens is 396 g/mol. The number of hydrogen-bond acceptors (Lipinski definition) is 6. The van der Waals surface area contributed by atoms with Crippen LogP contribution in [-0.2, 0) is 23.9 Å². The lowest BCUT2D eigenvalue weighted by Crippen LogP contribution is -2.60. The van der Waals surface area contributed by atoms with Crippen molar-refractivity contribution in [2.45, 2.75) is 97.4 Å². The van der Waals surface area contributed by atoms with Crippen molar-refractivity contribution in [1.82, 2.24) is 0 Å². The molecule has 0 heterocycles. The molecule has 0 aromatic heterocycles. The number of rotatable bonds is 3. The first kappa shape index (κ1) is 22.5. The molecule has 6 heteroatoms. The van der Waals surface area contributed by atoms with Crippen LogP contribution in [0.2, 0.25) is 0 Å². The topological polar surface area (TPSA) is 89.9 Å². The van der Waals surface area contributed by atoms with Gasteiger partial charge in [0.05, 0.1) is 0 Å². The average Bonchev–Trinajstić information content (AvgIpc) is 2.90. The van der Waals surface area contributed by atoms with Crippen LogP contribution in [0.1, 0.15) is 79.6 Å². The third kappa shape index (κ3) is 3.20. The summed E-state index contributed by atoms with van der Waals surface area (Å²) in [6, 6.07) is 0. The van der Waals surface area contributed by atoms with Crippen LogP contribution in [0.15, 0.2) is 11.6 Å². The average molecular weight is 433 g/mol. The molecule has 4 rings (SSSR count). The van der Waals surface area contributed by atoms with E-state index in [0.29, 0.717) is 18.3 Å².